The van der Waals surface area contributed by atoms with E-state index in [0.29, 0.717) is 25.8 Å². The van der Waals surface area contributed by atoms with E-state index in [9.17, 15) is 5.26 Å². The zero-order valence-electron chi connectivity index (χ0n) is 17.0. The molecular formula is C21H24BN5O3. The summed E-state index contributed by atoms with van der Waals surface area (Å²) in [6.45, 7) is 3.46. The predicted molar refractivity (Wildman–Crippen MR) is 113 cm³/mol. The smallest absolute Gasteiger partial charge is 0.492 e. The molecule has 3 heterocycles. The lowest BCUT2D eigenvalue weighted by molar-refractivity contribution is 0.180. The van der Waals surface area contributed by atoms with Gasteiger partial charge in [-0.2, -0.15) is 10.2 Å². The molecule has 1 aliphatic carbocycles. The van der Waals surface area contributed by atoms with Gasteiger partial charge < -0.3 is 24.7 Å². The van der Waals surface area contributed by atoms with Crippen LogP contribution in [0.3, 0.4) is 0 Å². The number of nitrogens with zero attached hydrogens (tertiary/aromatic N) is 3. The van der Waals surface area contributed by atoms with Crippen LogP contribution in [0.15, 0.2) is 18.3 Å². The normalized spacial score (nSPS) is 22.5. The lowest BCUT2D eigenvalue weighted by Gasteiger charge is -2.28. The Bertz CT molecular complexity index is 995. The SMILES string of the molecule is Cc1cnc(Nc2cc3c4c(c2)OCCOB4OC3)nc1N[C@@H]1CCCC[C@H]1C#N. The number of aromatic nitrogens is 2. The zero-order valence-corrected chi connectivity index (χ0v) is 17.0. The van der Waals surface area contributed by atoms with Crippen LogP contribution in [0, 0.1) is 24.2 Å². The summed E-state index contributed by atoms with van der Waals surface area (Å²) in [7, 11) is -0.346. The molecule has 30 heavy (non-hydrogen) atoms. The van der Waals surface area contributed by atoms with Crippen molar-refractivity contribution in [2.45, 2.75) is 45.3 Å². The second kappa shape index (κ2) is 8.13. The van der Waals surface area contributed by atoms with E-state index in [1.54, 1.807) is 6.20 Å². The van der Waals surface area contributed by atoms with Crippen molar-refractivity contribution in [3.63, 3.8) is 0 Å². The van der Waals surface area contributed by atoms with E-state index in [1.165, 1.54) is 0 Å². The molecule has 0 amide bonds. The monoisotopic (exact) mass is 405 g/mol. The Morgan fingerprint density at radius 1 is 1.20 bits per heavy atom. The highest BCUT2D eigenvalue weighted by Crippen LogP contribution is 2.30. The molecule has 0 saturated heterocycles. The van der Waals surface area contributed by atoms with Crippen LogP contribution in [0.25, 0.3) is 0 Å². The van der Waals surface area contributed by atoms with Crippen LogP contribution in [0.5, 0.6) is 5.75 Å². The van der Waals surface area contributed by atoms with E-state index >= 15 is 0 Å². The average molecular weight is 405 g/mol. The fourth-order valence-corrected chi connectivity index (χ4v) is 4.36. The van der Waals surface area contributed by atoms with Crippen LogP contribution in [-0.4, -0.2) is 36.3 Å². The Labute approximate surface area is 176 Å². The van der Waals surface area contributed by atoms with E-state index in [2.05, 4.69) is 26.7 Å². The molecular weight excluding hydrogens is 381 g/mol. The molecule has 0 unspecified atom stereocenters. The van der Waals surface area contributed by atoms with Crippen LogP contribution in [-0.2, 0) is 15.9 Å². The van der Waals surface area contributed by atoms with Gasteiger partial charge in [-0.25, -0.2) is 4.98 Å². The van der Waals surface area contributed by atoms with E-state index < -0.39 is 0 Å². The summed E-state index contributed by atoms with van der Waals surface area (Å²) in [5.74, 6) is 2.07. The average Bonchev–Trinajstić information content (AvgIpc) is 3.05. The molecule has 3 aliphatic rings. The Kier molecular flexibility index (Phi) is 5.19. The Balaban J connectivity index is 1.38. The first kappa shape index (κ1) is 19.2. The van der Waals surface area contributed by atoms with Crippen molar-refractivity contribution < 1.29 is 14.0 Å². The summed E-state index contributed by atoms with van der Waals surface area (Å²) in [4.78, 5) is 9.13. The van der Waals surface area contributed by atoms with Crippen LogP contribution in [0.2, 0.25) is 0 Å². The highest BCUT2D eigenvalue weighted by atomic mass is 16.6. The molecule has 5 rings (SSSR count). The first-order valence-corrected chi connectivity index (χ1v) is 10.5. The Hall–Kier alpha value is -2.83. The van der Waals surface area contributed by atoms with Crippen LogP contribution < -0.4 is 20.8 Å². The number of hydrogen-bond acceptors (Lipinski definition) is 8. The molecule has 0 bridgehead atoms. The zero-order chi connectivity index (χ0) is 20.5. The summed E-state index contributed by atoms with van der Waals surface area (Å²) in [5.41, 5.74) is 3.83. The highest BCUT2D eigenvalue weighted by molar-refractivity contribution is 6.64. The van der Waals surface area contributed by atoms with Gasteiger partial charge >= 0.3 is 7.12 Å². The van der Waals surface area contributed by atoms with Crippen molar-refractivity contribution in [1.29, 1.82) is 5.26 Å². The lowest BCUT2D eigenvalue weighted by Crippen LogP contribution is -2.32. The van der Waals surface area contributed by atoms with Gasteiger partial charge in [-0.15, -0.1) is 0 Å². The van der Waals surface area contributed by atoms with Crippen molar-refractivity contribution in [1.82, 2.24) is 9.97 Å². The van der Waals surface area contributed by atoms with E-state index in [1.807, 2.05) is 19.1 Å². The molecule has 8 nitrogen and oxygen atoms in total. The third-order valence-electron chi connectivity index (χ3n) is 5.95. The first-order valence-electron chi connectivity index (χ1n) is 10.5. The molecule has 1 saturated carbocycles. The second-order valence-electron chi connectivity index (χ2n) is 8.03. The summed E-state index contributed by atoms with van der Waals surface area (Å²) in [6, 6.07) is 6.54. The number of nitriles is 1. The summed E-state index contributed by atoms with van der Waals surface area (Å²) >= 11 is 0. The minimum atomic E-state index is -0.346. The Morgan fingerprint density at radius 3 is 3.00 bits per heavy atom. The standard InChI is InChI=1S/C21H24BN5O3/c1-13-11-24-21(27-20(13)26-17-5-3-2-4-14(17)10-23)25-16-8-15-12-30-22-19(15)18(9-16)28-6-7-29-22/h8-9,11,14,17H,2-7,12H2,1H3,(H2,24,25,26,27)/t14-,17+/m0/s1. The molecule has 1 aromatic heterocycles. The van der Waals surface area contributed by atoms with Gasteiger partial charge in [0, 0.05) is 35.0 Å². The van der Waals surface area contributed by atoms with Crippen molar-refractivity contribution in [3.05, 3.63) is 29.5 Å². The van der Waals surface area contributed by atoms with Crippen LogP contribution in [0.1, 0.15) is 36.8 Å². The van der Waals surface area contributed by atoms with Crippen molar-refractivity contribution in [2.75, 3.05) is 23.8 Å². The van der Waals surface area contributed by atoms with Gasteiger partial charge in [0.2, 0.25) is 5.95 Å². The summed E-state index contributed by atoms with van der Waals surface area (Å²) in [6.07, 6.45) is 5.97. The van der Waals surface area contributed by atoms with E-state index in [4.69, 9.17) is 14.0 Å². The quantitative estimate of drug-likeness (QED) is 0.749. The largest absolute Gasteiger partial charge is 0.498 e. The van der Waals surface area contributed by atoms with Crippen LogP contribution in [0.4, 0.5) is 17.5 Å². The second-order valence-corrected chi connectivity index (χ2v) is 8.03. The third kappa shape index (κ3) is 3.69. The number of ether oxygens (including phenoxy) is 1. The van der Waals surface area contributed by atoms with Gasteiger partial charge in [0.15, 0.2) is 0 Å². The third-order valence-corrected chi connectivity index (χ3v) is 5.95. The predicted octanol–water partition coefficient (Wildman–Crippen LogP) is 2.66. The first-order chi connectivity index (χ1) is 14.7. The number of hydrogen-bond donors (Lipinski definition) is 2. The maximum atomic E-state index is 9.46. The highest BCUT2D eigenvalue weighted by Gasteiger charge is 2.36. The molecule has 2 N–H and O–H groups in total. The number of aryl methyl sites for hydroxylation is 1. The molecule has 2 atom stereocenters. The van der Waals surface area contributed by atoms with Crippen molar-refractivity contribution >= 4 is 30.0 Å². The summed E-state index contributed by atoms with van der Waals surface area (Å²) < 4.78 is 17.3. The lowest BCUT2D eigenvalue weighted by atomic mass is 9.78. The van der Waals surface area contributed by atoms with Gasteiger partial charge in [0.25, 0.3) is 0 Å². The van der Waals surface area contributed by atoms with Crippen LogP contribution >= 0.6 is 0 Å². The van der Waals surface area contributed by atoms with E-state index in [0.717, 1.165) is 59.5 Å². The number of benzene rings is 1. The summed E-state index contributed by atoms with van der Waals surface area (Å²) in [5, 5.41) is 16.2. The minimum absolute atomic E-state index is 0.0191. The van der Waals surface area contributed by atoms with Crippen molar-refractivity contribution in [2.24, 2.45) is 5.92 Å². The van der Waals surface area contributed by atoms with Gasteiger partial charge in [0.05, 0.1) is 25.2 Å². The van der Waals surface area contributed by atoms with E-state index in [-0.39, 0.29) is 19.1 Å². The molecule has 0 radical (unpaired) electrons. The molecule has 154 valence electrons. The van der Waals surface area contributed by atoms with Gasteiger partial charge in [-0.3, -0.25) is 0 Å². The fraction of sp³-hybridized carbons (Fsp3) is 0.476. The number of nitrogens with one attached hydrogen (secondary N) is 2. The number of anilines is 3. The molecule has 2 aromatic rings. The van der Waals surface area contributed by atoms with Crippen molar-refractivity contribution in [3.8, 4) is 11.8 Å². The maximum absolute atomic E-state index is 9.46. The topological polar surface area (TPSA) is 101 Å². The molecule has 0 spiro atoms. The van der Waals surface area contributed by atoms with Gasteiger partial charge in [-0.1, -0.05) is 12.8 Å². The molecule has 9 heteroatoms. The molecule has 1 fully saturated rings. The maximum Gasteiger partial charge on any atom is 0.498 e. The fourth-order valence-electron chi connectivity index (χ4n) is 4.36. The molecule has 2 aliphatic heterocycles. The minimum Gasteiger partial charge on any atom is -0.492 e. The van der Waals surface area contributed by atoms with Gasteiger partial charge in [0.1, 0.15) is 18.2 Å². The number of rotatable bonds is 4. The molecule has 1 aromatic carbocycles. The Morgan fingerprint density at radius 2 is 2.10 bits per heavy atom. The van der Waals surface area contributed by atoms with Gasteiger partial charge in [-0.05, 0) is 31.4 Å².